The molecule has 134 valence electrons. The molecule has 0 bridgehead atoms. The van der Waals surface area contributed by atoms with E-state index in [1.54, 1.807) is 0 Å². The van der Waals surface area contributed by atoms with Gasteiger partial charge in [0.05, 0.1) is 23.8 Å². The zero-order valence-corrected chi connectivity index (χ0v) is 15.4. The van der Waals surface area contributed by atoms with E-state index in [-0.39, 0.29) is 28.4 Å². The molecule has 1 aliphatic rings. The highest BCUT2D eigenvalue weighted by Crippen LogP contribution is 2.25. The summed E-state index contributed by atoms with van der Waals surface area (Å²) >= 11 is 1.42. The van der Waals surface area contributed by atoms with Crippen LogP contribution in [0.3, 0.4) is 0 Å². The number of benzene rings is 2. The number of fused-ring (bicyclic) bond motifs is 1. The Morgan fingerprint density at radius 3 is 2.80 bits per heavy atom. The van der Waals surface area contributed by atoms with Gasteiger partial charge in [0.1, 0.15) is 12.4 Å². The summed E-state index contributed by atoms with van der Waals surface area (Å²) in [7, 11) is -2.89. The average Bonchev–Trinajstić information content (AvgIpc) is 2.96. The molecule has 0 aliphatic carbocycles. The molecule has 1 N–H and O–H groups in total. The normalized spacial score (nSPS) is 19.0. The first-order valence-corrected chi connectivity index (χ1v) is 11.1. The summed E-state index contributed by atoms with van der Waals surface area (Å²) in [5.41, 5.74) is 0. The van der Waals surface area contributed by atoms with E-state index in [4.69, 9.17) is 4.74 Å². The summed E-state index contributed by atoms with van der Waals surface area (Å²) in [5, 5.41) is 5.02. The van der Waals surface area contributed by atoms with Crippen LogP contribution < -0.4 is 10.1 Å². The molecule has 0 radical (unpaired) electrons. The maximum absolute atomic E-state index is 11.8. The molecule has 7 heteroatoms. The SMILES string of the molecule is O=C(CS[C@H]1CCS(=O)(=O)C1)NCCOc1cccc2ccccc12. The van der Waals surface area contributed by atoms with Crippen LogP contribution in [0.4, 0.5) is 0 Å². The van der Waals surface area contributed by atoms with E-state index in [9.17, 15) is 13.2 Å². The zero-order chi connectivity index (χ0) is 17.7. The first-order chi connectivity index (χ1) is 12.0. The van der Waals surface area contributed by atoms with Gasteiger partial charge in [-0.05, 0) is 17.9 Å². The fraction of sp³-hybridized carbons (Fsp3) is 0.389. The van der Waals surface area contributed by atoms with Crippen LogP contribution in [0.25, 0.3) is 10.8 Å². The molecule has 1 atom stereocenters. The van der Waals surface area contributed by atoms with Crippen LogP contribution in [0.15, 0.2) is 42.5 Å². The highest BCUT2D eigenvalue weighted by molar-refractivity contribution is 8.02. The molecule has 0 spiro atoms. The molecule has 2 aromatic rings. The smallest absolute Gasteiger partial charge is 0.230 e. The Morgan fingerprint density at radius 2 is 2.00 bits per heavy atom. The number of nitrogens with one attached hydrogen (secondary N) is 1. The van der Waals surface area contributed by atoms with Crippen LogP contribution in [-0.2, 0) is 14.6 Å². The second kappa shape index (κ2) is 8.10. The molecular formula is C18H21NO4S2. The Morgan fingerprint density at radius 1 is 1.20 bits per heavy atom. The lowest BCUT2D eigenvalue weighted by Crippen LogP contribution is -2.30. The van der Waals surface area contributed by atoms with E-state index in [1.165, 1.54) is 11.8 Å². The van der Waals surface area contributed by atoms with Crippen molar-refractivity contribution >= 4 is 38.3 Å². The first kappa shape index (κ1) is 18.1. The molecule has 5 nitrogen and oxygen atoms in total. The minimum Gasteiger partial charge on any atom is -0.491 e. The van der Waals surface area contributed by atoms with Crippen LogP contribution in [0.5, 0.6) is 5.75 Å². The number of carbonyl (C=O) groups excluding carboxylic acids is 1. The van der Waals surface area contributed by atoms with Crippen molar-refractivity contribution in [2.45, 2.75) is 11.7 Å². The van der Waals surface area contributed by atoms with Gasteiger partial charge in [0.15, 0.2) is 9.84 Å². The van der Waals surface area contributed by atoms with E-state index in [1.807, 2.05) is 42.5 Å². The second-order valence-corrected chi connectivity index (χ2v) is 9.53. The van der Waals surface area contributed by atoms with E-state index in [0.29, 0.717) is 19.6 Å². The van der Waals surface area contributed by atoms with Crippen molar-refractivity contribution in [2.75, 3.05) is 30.4 Å². The quantitative estimate of drug-likeness (QED) is 0.747. The topological polar surface area (TPSA) is 72.5 Å². The molecule has 0 aromatic heterocycles. The maximum Gasteiger partial charge on any atom is 0.230 e. The fourth-order valence-electron chi connectivity index (χ4n) is 2.81. The van der Waals surface area contributed by atoms with Crippen molar-refractivity contribution in [3.05, 3.63) is 42.5 Å². The van der Waals surface area contributed by atoms with Crippen molar-refractivity contribution < 1.29 is 17.9 Å². The van der Waals surface area contributed by atoms with E-state index < -0.39 is 9.84 Å². The minimum absolute atomic E-state index is 0.0442. The number of rotatable bonds is 7. The van der Waals surface area contributed by atoms with Gasteiger partial charge in [-0.25, -0.2) is 8.42 Å². The molecule has 2 aromatic carbocycles. The molecular weight excluding hydrogens is 358 g/mol. The molecule has 1 saturated heterocycles. The minimum atomic E-state index is -2.89. The lowest BCUT2D eigenvalue weighted by molar-refractivity contribution is -0.118. The fourth-order valence-corrected chi connectivity index (χ4v) is 6.28. The number of ether oxygens (including phenoxy) is 1. The van der Waals surface area contributed by atoms with Crippen LogP contribution >= 0.6 is 11.8 Å². The van der Waals surface area contributed by atoms with Gasteiger partial charge in [-0.2, -0.15) is 0 Å². The first-order valence-electron chi connectivity index (χ1n) is 8.23. The summed E-state index contributed by atoms with van der Waals surface area (Å²) in [6.45, 7) is 0.813. The third-order valence-corrected chi connectivity index (χ3v) is 7.35. The van der Waals surface area contributed by atoms with Gasteiger partial charge in [0.2, 0.25) is 5.91 Å². The molecule has 25 heavy (non-hydrogen) atoms. The van der Waals surface area contributed by atoms with Crippen molar-refractivity contribution in [3.63, 3.8) is 0 Å². The van der Waals surface area contributed by atoms with Gasteiger partial charge in [0.25, 0.3) is 0 Å². The number of carbonyl (C=O) groups is 1. The van der Waals surface area contributed by atoms with Crippen LogP contribution in [0, 0.1) is 0 Å². The summed E-state index contributed by atoms with van der Waals surface area (Å²) in [6, 6.07) is 13.9. The lowest BCUT2D eigenvalue weighted by atomic mass is 10.1. The Hall–Kier alpha value is -1.73. The molecule has 1 amide bonds. The van der Waals surface area contributed by atoms with Gasteiger partial charge in [0, 0.05) is 10.6 Å². The number of hydrogen-bond acceptors (Lipinski definition) is 5. The average molecular weight is 380 g/mol. The van der Waals surface area contributed by atoms with Gasteiger partial charge in [-0.3, -0.25) is 4.79 Å². The lowest BCUT2D eigenvalue weighted by Gasteiger charge is -2.11. The Balaban J connectivity index is 1.39. The largest absolute Gasteiger partial charge is 0.491 e. The number of sulfone groups is 1. The maximum atomic E-state index is 11.8. The monoisotopic (exact) mass is 379 g/mol. The standard InChI is InChI=1S/C18H21NO4S2/c20-18(12-24-15-8-11-25(21,22)13-15)19-9-10-23-17-7-3-5-14-4-1-2-6-16(14)17/h1-7,15H,8-13H2,(H,19,20)/t15-/m0/s1. The highest BCUT2D eigenvalue weighted by Gasteiger charge is 2.28. The zero-order valence-electron chi connectivity index (χ0n) is 13.8. The van der Waals surface area contributed by atoms with Crippen LogP contribution in [0.1, 0.15) is 6.42 Å². The van der Waals surface area contributed by atoms with Crippen molar-refractivity contribution in [2.24, 2.45) is 0 Å². The number of thioether (sulfide) groups is 1. The number of hydrogen-bond donors (Lipinski definition) is 1. The molecule has 0 saturated carbocycles. The van der Waals surface area contributed by atoms with Gasteiger partial charge < -0.3 is 10.1 Å². The predicted molar refractivity (Wildman–Crippen MR) is 102 cm³/mol. The molecule has 0 unspecified atom stereocenters. The van der Waals surface area contributed by atoms with E-state index in [2.05, 4.69) is 5.32 Å². The number of amides is 1. The van der Waals surface area contributed by atoms with Gasteiger partial charge in [-0.1, -0.05) is 36.4 Å². The van der Waals surface area contributed by atoms with Gasteiger partial charge >= 0.3 is 0 Å². The van der Waals surface area contributed by atoms with Gasteiger partial charge in [-0.15, -0.1) is 11.8 Å². The summed E-state index contributed by atoms with van der Waals surface area (Å²) in [5.74, 6) is 1.43. The van der Waals surface area contributed by atoms with Crippen molar-refractivity contribution in [3.8, 4) is 5.75 Å². The molecule has 1 heterocycles. The summed E-state index contributed by atoms with van der Waals surface area (Å²) in [6.07, 6.45) is 0.643. The molecule has 1 aliphatic heterocycles. The predicted octanol–water partition coefficient (Wildman–Crippen LogP) is 2.26. The Bertz CT molecular complexity index is 846. The van der Waals surface area contributed by atoms with Crippen molar-refractivity contribution in [1.82, 2.24) is 5.32 Å². The Kier molecular flexibility index (Phi) is 5.86. The molecule has 1 fully saturated rings. The van der Waals surface area contributed by atoms with Crippen LogP contribution in [0.2, 0.25) is 0 Å². The van der Waals surface area contributed by atoms with E-state index >= 15 is 0 Å². The molecule has 3 rings (SSSR count). The third kappa shape index (κ3) is 5.12. The van der Waals surface area contributed by atoms with E-state index in [0.717, 1.165) is 16.5 Å². The summed E-state index contributed by atoms with van der Waals surface area (Å²) in [4.78, 5) is 11.8. The Labute approximate surface area is 152 Å². The third-order valence-electron chi connectivity index (χ3n) is 4.07. The highest BCUT2D eigenvalue weighted by atomic mass is 32.2. The van der Waals surface area contributed by atoms with Crippen LogP contribution in [-0.4, -0.2) is 50.0 Å². The summed E-state index contributed by atoms with van der Waals surface area (Å²) < 4.78 is 28.6. The second-order valence-electron chi connectivity index (χ2n) is 6.01. The van der Waals surface area contributed by atoms with Crippen molar-refractivity contribution in [1.29, 1.82) is 0 Å².